The average Bonchev–Trinajstić information content (AvgIpc) is 2.58. The molecule has 4 nitrogen and oxygen atoms in total. The van der Waals surface area contributed by atoms with Crippen LogP contribution in [0.25, 0.3) is 0 Å². The lowest BCUT2D eigenvalue weighted by Crippen LogP contribution is -2.24. The van der Waals surface area contributed by atoms with Gasteiger partial charge in [-0.1, -0.05) is 29.8 Å². The zero-order chi connectivity index (χ0) is 18.4. The molecule has 0 aliphatic rings. The smallest absolute Gasteiger partial charge is 0.416 e. The highest BCUT2D eigenvalue weighted by Gasteiger charge is 2.31. The third-order valence-corrected chi connectivity index (χ3v) is 3.42. The van der Waals surface area contributed by atoms with Crippen molar-refractivity contribution in [1.29, 1.82) is 0 Å². The summed E-state index contributed by atoms with van der Waals surface area (Å²) in [6.45, 7) is 0.0809. The first-order chi connectivity index (χ1) is 11.8. The van der Waals surface area contributed by atoms with E-state index in [0.29, 0.717) is 10.6 Å². The lowest BCUT2D eigenvalue weighted by molar-refractivity contribution is -0.152. The maximum absolute atomic E-state index is 12.8. The standard InChI is InChI=1S/C17H15ClF3NO3/c18-13-6-4-11(5-7-13)15(16(23)24-9-8-22)25-14-3-1-2-12(10-14)17(19,20)21/h1-7,10,15H,8-9,22H2/t15-/m1/s1. The Kier molecular flexibility index (Phi) is 6.27. The molecule has 25 heavy (non-hydrogen) atoms. The summed E-state index contributed by atoms with van der Waals surface area (Å²) in [4.78, 5) is 12.2. The minimum Gasteiger partial charge on any atom is -0.474 e. The van der Waals surface area contributed by atoms with Crippen LogP contribution in [0.4, 0.5) is 13.2 Å². The highest BCUT2D eigenvalue weighted by atomic mass is 35.5. The van der Waals surface area contributed by atoms with Gasteiger partial charge in [0.05, 0.1) is 5.56 Å². The van der Waals surface area contributed by atoms with Crippen LogP contribution in [0.2, 0.25) is 5.02 Å². The Hall–Kier alpha value is -2.25. The summed E-state index contributed by atoms with van der Waals surface area (Å²) >= 11 is 5.81. The lowest BCUT2D eigenvalue weighted by Gasteiger charge is -2.19. The van der Waals surface area contributed by atoms with Crippen molar-refractivity contribution in [2.24, 2.45) is 5.73 Å². The number of alkyl halides is 3. The molecule has 0 fully saturated rings. The van der Waals surface area contributed by atoms with Crippen LogP contribution in [-0.4, -0.2) is 19.1 Å². The second-order valence-corrected chi connectivity index (χ2v) is 5.47. The van der Waals surface area contributed by atoms with Gasteiger partial charge in [-0.15, -0.1) is 0 Å². The third kappa shape index (κ3) is 5.37. The van der Waals surface area contributed by atoms with Crippen LogP contribution in [-0.2, 0) is 15.7 Å². The van der Waals surface area contributed by atoms with Gasteiger partial charge in [0.25, 0.3) is 0 Å². The molecular formula is C17H15ClF3NO3. The van der Waals surface area contributed by atoms with E-state index in [1.54, 1.807) is 0 Å². The highest BCUT2D eigenvalue weighted by molar-refractivity contribution is 6.30. The van der Waals surface area contributed by atoms with Crippen LogP contribution >= 0.6 is 11.6 Å². The van der Waals surface area contributed by atoms with Crippen molar-refractivity contribution >= 4 is 17.6 Å². The van der Waals surface area contributed by atoms with Gasteiger partial charge < -0.3 is 15.2 Å². The Balaban J connectivity index is 2.30. The molecule has 2 rings (SSSR count). The molecule has 2 aromatic carbocycles. The van der Waals surface area contributed by atoms with Gasteiger partial charge in [0.15, 0.2) is 0 Å². The number of benzene rings is 2. The lowest BCUT2D eigenvalue weighted by atomic mass is 10.1. The number of esters is 1. The van der Waals surface area contributed by atoms with E-state index in [-0.39, 0.29) is 18.9 Å². The molecule has 0 amide bonds. The third-order valence-electron chi connectivity index (χ3n) is 3.16. The Bertz CT molecular complexity index is 720. The van der Waals surface area contributed by atoms with Crippen LogP contribution in [0, 0.1) is 0 Å². The summed E-state index contributed by atoms with van der Waals surface area (Å²) in [7, 11) is 0. The van der Waals surface area contributed by atoms with Crippen molar-refractivity contribution in [2.75, 3.05) is 13.2 Å². The Morgan fingerprint density at radius 2 is 1.84 bits per heavy atom. The van der Waals surface area contributed by atoms with Crippen molar-refractivity contribution < 1.29 is 27.4 Å². The van der Waals surface area contributed by atoms with Gasteiger partial charge >= 0.3 is 12.1 Å². The number of ether oxygens (including phenoxy) is 2. The van der Waals surface area contributed by atoms with E-state index in [9.17, 15) is 18.0 Å². The van der Waals surface area contributed by atoms with Crippen LogP contribution in [0.3, 0.4) is 0 Å². The van der Waals surface area contributed by atoms with Crippen molar-refractivity contribution in [1.82, 2.24) is 0 Å². The van der Waals surface area contributed by atoms with Gasteiger partial charge in [-0.25, -0.2) is 4.79 Å². The normalized spacial score (nSPS) is 12.5. The van der Waals surface area contributed by atoms with Gasteiger partial charge in [-0.05, 0) is 30.3 Å². The highest BCUT2D eigenvalue weighted by Crippen LogP contribution is 2.33. The van der Waals surface area contributed by atoms with Crippen molar-refractivity contribution in [3.8, 4) is 5.75 Å². The first-order valence-corrected chi connectivity index (χ1v) is 7.65. The summed E-state index contributed by atoms with van der Waals surface area (Å²) in [6, 6.07) is 10.4. The van der Waals surface area contributed by atoms with E-state index in [1.165, 1.54) is 36.4 Å². The maximum Gasteiger partial charge on any atom is 0.416 e. The summed E-state index contributed by atoms with van der Waals surface area (Å²) in [6.07, 6.45) is -5.76. The molecule has 0 saturated heterocycles. The fraction of sp³-hybridized carbons (Fsp3) is 0.235. The molecular weight excluding hydrogens is 359 g/mol. The molecule has 0 radical (unpaired) electrons. The number of halogens is 4. The summed E-state index contributed by atoms with van der Waals surface area (Å²) < 4.78 is 48.9. The van der Waals surface area contributed by atoms with E-state index in [1.807, 2.05) is 0 Å². The minimum absolute atomic E-state index is 0.0329. The molecule has 2 N–H and O–H groups in total. The van der Waals surface area contributed by atoms with Crippen LogP contribution < -0.4 is 10.5 Å². The molecule has 0 saturated carbocycles. The van der Waals surface area contributed by atoms with Gasteiger partial charge in [-0.2, -0.15) is 13.2 Å². The largest absolute Gasteiger partial charge is 0.474 e. The van der Waals surface area contributed by atoms with Crippen LogP contribution in [0.15, 0.2) is 48.5 Å². The fourth-order valence-electron chi connectivity index (χ4n) is 2.01. The topological polar surface area (TPSA) is 61.5 Å². The number of carbonyl (C=O) groups excluding carboxylic acids is 1. The molecule has 0 spiro atoms. The molecule has 0 aromatic heterocycles. The summed E-state index contributed by atoms with van der Waals surface area (Å²) in [5, 5.41) is 0.442. The van der Waals surface area contributed by atoms with E-state index >= 15 is 0 Å². The maximum atomic E-state index is 12.8. The van der Waals surface area contributed by atoms with E-state index in [4.69, 9.17) is 26.8 Å². The quantitative estimate of drug-likeness (QED) is 0.778. The number of rotatable bonds is 6. The summed E-state index contributed by atoms with van der Waals surface area (Å²) in [5.74, 6) is -0.871. The molecule has 1 atom stereocenters. The van der Waals surface area contributed by atoms with Gasteiger partial charge in [0.2, 0.25) is 6.10 Å². The molecule has 2 aromatic rings. The first kappa shape index (κ1) is 19.1. The molecule has 0 aliphatic carbocycles. The predicted octanol–water partition coefficient (Wildman–Crippen LogP) is 3.98. The van der Waals surface area contributed by atoms with Crippen LogP contribution in [0.5, 0.6) is 5.75 Å². The number of nitrogens with two attached hydrogens (primary N) is 1. The molecule has 0 unspecified atom stereocenters. The molecule has 0 heterocycles. The number of carbonyl (C=O) groups is 1. The second kappa shape index (κ2) is 8.22. The fourth-order valence-corrected chi connectivity index (χ4v) is 2.13. The zero-order valence-electron chi connectivity index (χ0n) is 12.9. The van der Waals surface area contributed by atoms with Gasteiger partial charge in [-0.3, -0.25) is 0 Å². The Morgan fingerprint density at radius 1 is 1.16 bits per heavy atom. The Labute approximate surface area is 147 Å². The predicted molar refractivity (Wildman–Crippen MR) is 86.3 cm³/mol. The molecule has 0 aliphatic heterocycles. The molecule has 134 valence electrons. The van der Waals surface area contributed by atoms with Crippen molar-refractivity contribution in [3.05, 3.63) is 64.7 Å². The first-order valence-electron chi connectivity index (χ1n) is 7.27. The van der Waals surface area contributed by atoms with E-state index in [2.05, 4.69) is 0 Å². The van der Waals surface area contributed by atoms with E-state index in [0.717, 1.165) is 12.1 Å². The second-order valence-electron chi connectivity index (χ2n) is 5.03. The Morgan fingerprint density at radius 3 is 2.44 bits per heavy atom. The summed E-state index contributed by atoms with van der Waals surface area (Å²) in [5.41, 5.74) is 4.81. The van der Waals surface area contributed by atoms with Crippen molar-refractivity contribution in [3.63, 3.8) is 0 Å². The number of hydrogen-bond acceptors (Lipinski definition) is 4. The molecule has 8 heteroatoms. The van der Waals surface area contributed by atoms with Crippen LogP contribution in [0.1, 0.15) is 17.2 Å². The van der Waals surface area contributed by atoms with Crippen molar-refractivity contribution in [2.45, 2.75) is 12.3 Å². The monoisotopic (exact) mass is 373 g/mol. The minimum atomic E-state index is -4.52. The van der Waals surface area contributed by atoms with E-state index < -0.39 is 23.8 Å². The van der Waals surface area contributed by atoms with Gasteiger partial charge in [0.1, 0.15) is 12.4 Å². The average molecular weight is 374 g/mol. The van der Waals surface area contributed by atoms with Gasteiger partial charge in [0, 0.05) is 17.1 Å². The SMILES string of the molecule is NCCOC(=O)[C@H](Oc1cccc(C(F)(F)F)c1)c1ccc(Cl)cc1. The number of hydrogen-bond donors (Lipinski definition) is 1. The zero-order valence-corrected chi connectivity index (χ0v) is 13.7. The molecule has 0 bridgehead atoms.